The molecule has 0 amide bonds. The van der Waals surface area contributed by atoms with E-state index in [1.807, 2.05) is 0 Å². The standard InChI is InChI=1S/C19H12O9.Na.H/c20-12(9-4-2-1-3-5-9)7-6-10-8-11(16(21)22)14(18(25)26)15(19(27)28)13(10)17(23)24;;/h1-8H,(H,21,22)(H,23,24)(H,25,26)(H,27,28);;. The minimum atomic E-state index is -1.93. The molecule has 0 spiro atoms. The summed E-state index contributed by atoms with van der Waals surface area (Å²) >= 11 is 0. The summed E-state index contributed by atoms with van der Waals surface area (Å²) in [5.74, 6) is -7.94. The molecule has 0 unspecified atom stereocenters. The Balaban J connectivity index is 0.00000420. The van der Waals surface area contributed by atoms with E-state index < -0.39 is 57.5 Å². The third kappa shape index (κ3) is 5.17. The molecule has 0 aliphatic heterocycles. The van der Waals surface area contributed by atoms with Gasteiger partial charge in [0.25, 0.3) is 0 Å². The van der Waals surface area contributed by atoms with E-state index in [9.17, 15) is 44.4 Å². The molecule has 0 fully saturated rings. The first kappa shape index (κ1) is 23.8. The molecule has 0 aromatic heterocycles. The average molecular weight is 408 g/mol. The second-order valence-corrected chi connectivity index (χ2v) is 5.42. The monoisotopic (exact) mass is 408 g/mol. The van der Waals surface area contributed by atoms with Crippen molar-refractivity contribution in [1.82, 2.24) is 0 Å². The number of carboxylic acid groups (broad SMARTS) is 4. The topological polar surface area (TPSA) is 166 Å². The Hall–Kier alpha value is -3.27. The number of carbonyl (C=O) groups is 5. The van der Waals surface area contributed by atoms with Gasteiger partial charge in [0.1, 0.15) is 0 Å². The summed E-state index contributed by atoms with van der Waals surface area (Å²) in [5.41, 5.74) is -4.38. The van der Waals surface area contributed by atoms with Crippen molar-refractivity contribution in [2.24, 2.45) is 0 Å². The molecule has 10 heteroatoms. The van der Waals surface area contributed by atoms with Crippen LogP contribution in [0.25, 0.3) is 6.08 Å². The number of aromatic carboxylic acids is 4. The molecule has 144 valence electrons. The molecule has 0 saturated heterocycles. The summed E-state index contributed by atoms with van der Waals surface area (Å²) in [6, 6.07) is 8.54. The van der Waals surface area contributed by atoms with Crippen molar-refractivity contribution in [2.75, 3.05) is 0 Å². The van der Waals surface area contributed by atoms with Crippen molar-refractivity contribution in [2.45, 2.75) is 0 Å². The number of benzene rings is 2. The second kappa shape index (κ2) is 9.78. The van der Waals surface area contributed by atoms with Crippen LogP contribution in [0.15, 0.2) is 42.5 Å². The van der Waals surface area contributed by atoms with Crippen molar-refractivity contribution in [3.63, 3.8) is 0 Å². The van der Waals surface area contributed by atoms with E-state index >= 15 is 0 Å². The van der Waals surface area contributed by atoms with Gasteiger partial charge in [-0.1, -0.05) is 36.4 Å². The van der Waals surface area contributed by atoms with Gasteiger partial charge in [-0.25, -0.2) is 19.2 Å². The number of rotatable bonds is 7. The molecule has 4 N–H and O–H groups in total. The first-order valence-electron chi connectivity index (χ1n) is 7.56. The Kier molecular flexibility index (Phi) is 8.02. The molecule has 29 heavy (non-hydrogen) atoms. The van der Waals surface area contributed by atoms with E-state index in [0.29, 0.717) is 6.07 Å². The van der Waals surface area contributed by atoms with Crippen LogP contribution in [0.3, 0.4) is 0 Å². The molecule has 0 radical (unpaired) electrons. The Bertz CT molecular complexity index is 1040. The summed E-state index contributed by atoms with van der Waals surface area (Å²) in [4.78, 5) is 58.1. The Labute approximate surface area is 185 Å². The number of carbonyl (C=O) groups excluding carboxylic acids is 1. The minimum absolute atomic E-state index is 0. The van der Waals surface area contributed by atoms with Crippen LogP contribution in [-0.4, -0.2) is 79.6 Å². The third-order valence-electron chi connectivity index (χ3n) is 3.70. The van der Waals surface area contributed by atoms with E-state index in [-0.39, 0.29) is 35.1 Å². The van der Waals surface area contributed by atoms with Crippen LogP contribution in [0.2, 0.25) is 0 Å². The van der Waals surface area contributed by atoms with E-state index in [1.165, 1.54) is 12.1 Å². The number of carboxylic acids is 4. The van der Waals surface area contributed by atoms with E-state index in [2.05, 4.69) is 0 Å². The van der Waals surface area contributed by atoms with Crippen LogP contribution in [0, 0.1) is 0 Å². The van der Waals surface area contributed by atoms with Crippen LogP contribution in [0.1, 0.15) is 57.4 Å². The maximum atomic E-state index is 12.2. The zero-order valence-electron chi connectivity index (χ0n) is 13.9. The molecular weight excluding hydrogens is 395 g/mol. The molecule has 0 atom stereocenters. The van der Waals surface area contributed by atoms with E-state index in [4.69, 9.17) is 0 Å². The predicted octanol–water partition coefficient (Wildman–Crippen LogP) is 1.73. The van der Waals surface area contributed by atoms with Gasteiger partial charge in [0.2, 0.25) is 0 Å². The SMILES string of the molecule is O=C(C=Cc1cc(C(=O)O)c(C(=O)O)c(C(=O)O)c1C(=O)O)c1ccccc1.[NaH]. The predicted molar refractivity (Wildman–Crippen MR) is 101 cm³/mol. The fraction of sp³-hybridized carbons (Fsp3) is 0. The molecule has 2 aromatic rings. The first-order valence-corrected chi connectivity index (χ1v) is 7.56. The summed E-state index contributed by atoms with van der Waals surface area (Å²) in [5, 5.41) is 37.2. The number of ketones is 1. The Morgan fingerprint density at radius 2 is 1.21 bits per heavy atom. The normalized spacial score (nSPS) is 10.2. The van der Waals surface area contributed by atoms with E-state index in [1.54, 1.807) is 18.2 Å². The maximum absolute atomic E-state index is 12.2. The van der Waals surface area contributed by atoms with Gasteiger partial charge in [0.05, 0.1) is 22.3 Å². The summed E-state index contributed by atoms with van der Waals surface area (Å²) in [7, 11) is 0. The van der Waals surface area contributed by atoms with Gasteiger partial charge in [-0.2, -0.15) is 0 Å². The molecule has 2 rings (SSSR count). The quantitative estimate of drug-likeness (QED) is 0.303. The first-order chi connectivity index (χ1) is 13.1. The van der Waals surface area contributed by atoms with E-state index in [0.717, 1.165) is 12.2 Å². The number of hydrogen-bond donors (Lipinski definition) is 4. The second-order valence-electron chi connectivity index (χ2n) is 5.42. The molecule has 9 nitrogen and oxygen atoms in total. The van der Waals surface area contributed by atoms with Gasteiger partial charge < -0.3 is 20.4 Å². The third-order valence-corrected chi connectivity index (χ3v) is 3.70. The fourth-order valence-electron chi connectivity index (χ4n) is 2.53. The molecule has 2 aromatic carbocycles. The van der Waals surface area contributed by atoms with Gasteiger partial charge in [0.15, 0.2) is 5.78 Å². The van der Waals surface area contributed by atoms with Crippen molar-refractivity contribution in [3.05, 3.63) is 75.9 Å². The van der Waals surface area contributed by atoms with Crippen LogP contribution in [-0.2, 0) is 0 Å². The number of allylic oxidation sites excluding steroid dienone is 1. The van der Waals surface area contributed by atoms with Crippen molar-refractivity contribution in [1.29, 1.82) is 0 Å². The molecule has 0 heterocycles. The van der Waals surface area contributed by atoms with Crippen LogP contribution in [0.4, 0.5) is 0 Å². The van der Waals surface area contributed by atoms with Crippen molar-refractivity contribution in [3.8, 4) is 0 Å². The molecule has 0 bridgehead atoms. The summed E-state index contributed by atoms with van der Waals surface area (Å²) in [6.45, 7) is 0. The number of hydrogen-bond acceptors (Lipinski definition) is 5. The Morgan fingerprint density at radius 1 is 0.690 bits per heavy atom. The zero-order chi connectivity index (χ0) is 21.0. The van der Waals surface area contributed by atoms with Crippen molar-refractivity contribution < 1.29 is 44.4 Å². The van der Waals surface area contributed by atoms with Crippen LogP contribution >= 0.6 is 0 Å². The fourth-order valence-corrected chi connectivity index (χ4v) is 2.53. The molecule has 0 saturated carbocycles. The molecular formula is C19H13NaO9. The van der Waals surface area contributed by atoms with Gasteiger partial charge >= 0.3 is 53.4 Å². The van der Waals surface area contributed by atoms with Crippen LogP contribution < -0.4 is 0 Å². The van der Waals surface area contributed by atoms with Gasteiger partial charge in [-0.05, 0) is 17.7 Å². The van der Waals surface area contributed by atoms with Crippen LogP contribution in [0.5, 0.6) is 0 Å². The van der Waals surface area contributed by atoms with Gasteiger partial charge in [0, 0.05) is 5.56 Å². The Morgan fingerprint density at radius 3 is 1.66 bits per heavy atom. The summed E-state index contributed by atoms with van der Waals surface area (Å²) < 4.78 is 0. The van der Waals surface area contributed by atoms with Gasteiger partial charge in [-0.15, -0.1) is 0 Å². The van der Waals surface area contributed by atoms with Gasteiger partial charge in [-0.3, -0.25) is 4.79 Å². The average Bonchev–Trinajstić information content (AvgIpc) is 2.64. The summed E-state index contributed by atoms with van der Waals surface area (Å²) in [6.07, 6.45) is 1.87. The molecule has 0 aliphatic carbocycles. The van der Waals surface area contributed by atoms with Crippen molar-refractivity contribution >= 4 is 65.3 Å². The zero-order valence-corrected chi connectivity index (χ0v) is 13.9. The molecule has 0 aliphatic rings.